The van der Waals surface area contributed by atoms with Crippen LogP contribution in [0, 0.1) is 0 Å². The molecule has 0 saturated heterocycles. The standard InChI is InChI=1S/C8H14N2O/c1-2-11-8-4-3-6(9)5-7(8)10/h3,5,8H,2,4,9-10H2,1H3. The third-order valence-electron chi connectivity index (χ3n) is 1.64. The molecule has 0 spiro atoms. The van der Waals surface area contributed by atoms with Gasteiger partial charge in [0.2, 0.25) is 0 Å². The summed E-state index contributed by atoms with van der Waals surface area (Å²) in [6.07, 6.45) is 4.51. The number of hydrogen-bond donors (Lipinski definition) is 2. The molecule has 1 unspecified atom stereocenters. The molecule has 0 bridgehead atoms. The van der Waals surface area contributed by atoms with Crippen LogP contribution in [0.5, 0.6) is 0 Å². The highest BCUT2D eigenvalue weighted by molar-refractivity contribution is 5.26. The predicted octanol–water partition coefficient (Wildman–Crippen LogP) is 0.480. The molecule has 3 nitrogen and oxygen atoms in total. The van der Waals surface area contributed by atoms with Gasteiger partial charge in [0.15, 0.2) is 0 Å². The molecule has 4 N–H and O–H groups in total. The molecular formula is C8H14N2O. The van der Waals surface area contributed by atoms with Crippen molar-refractivity contribution in [2.75, 3.05) is 6.61 Å². The average Bonchev–Trinajstić information content (AvgIpc) is 1.95. The SMILES string of the molecule is CCOC1CC=C(N)C=C1N. The Labute approximate surface area is 66.7 Å². The lowest BCUT2D eigenvalue weighted by molar-refractivity contribution is 0.0881. The van der Waals surface area contributed by atoms with Gasteiger partial charge in [-0.15, -0.1) is 0 Å². The molecule has 0 aromatic carbocycles. The second-order valence-corrected chi connectivity index (χ2v) is 2.53. The van der Waals surface area contributed by atoms with Crippen molar-refractivity contribution in [2.45, 2.75) is 19.4 Å². The fourth-order valence-electron chi connectivity index (χ4n) is 1.09. The average molecular weight is 154 g/mol. The topological polar surface area (TPSA) is 61.3 Å². The first-order chi connectivity index (χ1) is 5.24. The number of hydrogen-bond acceptors (Lipinski definition) is 3. The predicted molar refractivity (Wildman–Crippen MR) is 44.6 cm³/mol. The van der Waals surface area contributed by atoms with Gasteiger partial charge in [-0.2, -0.15) is 0 Å². The van der Waals surface area contributed by atoms with Crippen molar-refractivity contribution < 1.29 is 4.74 Å². The van der Waals surface area contributed by atoms with Crippen LogP contribution in [0.4, 0.5) is 0 Å². The fraction of sp³-hybridized carbons (Fsp3) is 0.500. The van der Waals surface area contributed by atoms with Crippen molar-refractivity contribution in [1.29, 1.82) is 0 Å². The van der Waals surface area contributed by atoms with Crippen molar-refractivity contribution >= 4 is 0 Å². The Morgan fingerprint density at radius 2 is 2.36 bits per heavy atom. The summed E-state index contributed by atoms with van der Waals surface area (Å²) in [5.74, 6) is 0. The summed E-state index contributed by atoms with van der Waals surface area (Å²) in [7, 11) is 0. The van der Waals surface area contributed by atoms with Crippen molar-refractivity contribution in [3.8, 4) is 0 Å². The highest BCUT2D eigenvalue weighted by Gasteiger charge is 2.13. The van der Waals surface area contributed by atoms with Crippen LogP contribution < -0.4 is 11.5 Å². The Kier molecular flexibility index (Phi) is 2.54. The maximum absolute atomic E-state index is 5.67. The van der Waals surface area contributed by atoms with Crippen molar-refractivity contribution in [3.05, 3.63) is 23.5 Å². The van der Waals surface area contributed by atoms with E-state index in [1.165, 1.54) is 0 Å². The Bertz CT molecular complexity index is 196. The van der Waals surface area contributed by atoms with Gasteiger partial charge in [0.25, 0.3) is 0 Å². The molecule has 0 fully saturated rings. The maximum Gasteiger partial charge on any atom is 0.100 e. The van der Waals surface area contributed by atoms with Gasteiger partial charge in [-0.25, -0.2) is 0 Å². The second kappa shape index (κ2) is 3.44. The minimum Gasteiger partial charge on any atom is -0.400 e. The maximum atomic E-state index is 5.67. The van der Waals surface area contributed by atoms with Crippen molar-refractivity contribution in [3.63, 3.8) is 0 Å². The number of ether oxygens (including phenoxy) is 1. The third-order valence-corrected chi connectivity index (χ3v) is 1.64. The second-order valence-electron chi connectivity index (χ2n) is 2.53. The van der Waals surface area contributed by atoms with E-state index in [0.717, 1.165) is 17.8 Å². The summed E-state index contributed by atoms with van der Waals surface area (Å²) in [5, 5.41) is 0. The van der Waals surface area contributed by atoms with Gasteiger partial charge in [0.1, 0.15) is 6.10 Å². The van der Waals surface area contributed by atoms with E-state index in [0.29, 0.717) is 6.61 Å². The summed E-state index contributed by atoms with van der Waals surface area (Å²) >= 11 is 0. The summed E-state index contributed by atoms with van der Waals surface area (Å²) in [6, 6.07) is 0. The number of allylic oxidation sites excluding steroid dienone is 1. The van der Waals surface area contributed by atoms with Crippen LogP contribution in [0.15, 0.2) is 23.5 Å². The van der Waals surface area contributed by atoms with Crippen LogP contribution in [0.2, 0.25) is 0 Å². The molecule has 1 rings (SSSR count). The fourth-order valence-corrected chi connectivity index (χ4v) is 1.09. The summed E-state index contributed by atoms with van der Waals surface area (Å²) in [5.41, 5.74) is 12.7. The Hall–Kier alpha value is -0.960. The molecule has 0 amide bonds. The molecule has 11 heavy (non-hydrogen) atoms. The molecule has 0 heterocycles. The van der Waals surface area contributed by atoms with Gasteiger partial charge in [-0.1, -0.05) is 6.08 Å². The Morgan fingerprint density at radius 3 is 2.91 bits per heavy atom. The van der Waals surface area contributed by atoms with E-state index in [4.69, 9.17) is 16.2 Å². The normalized spacial score (nSPS) is 24.3. The van der Waals surface area contributed by atoms with Crippen molar-refractivity contribution in [1.82, 2.24) is 0 Å². The Morgan fingerprint density at radius 1 is 1.64 bits per heavy atom. The molecule has 1 aliphatic carbocycles. The molecule has 3 heteroatoms. The van der Waals surface area contributed by atoms with Crippen LogP contribution in [0.3, 0.4) is 0 Å². The van der Waals surface area contributed by atoms with Crippen LogP contribution in [0.1, 0.15) is 13.3 Å². The first kappa shape index (κ1) is 8.14. The summed E-state index contributed by atoms with van der Waals surface area (Å²) < 4.78 is 5.35. The van der Waals surface area contributed by atoms with Crippen LogP contribution >= 0.6 is 0 Å². The smallest absolute Gasteiger partial charge is 0.100 e. The number of nitrogens with two attached hydrogens (primary N) is 2. The first-order valence-corrected chi connectivity index (χ1v) is 3.78. The van der Waals surface area contributed by atoms with E-state index >= 15 is 0 Å². The van der Waals surface area contributed by atoms with E-state index in [1.807, 2.05) is 13.0 Å². The van der Waals surface area contributed by atoms with E-state index in [-0.39, 0.29) is 6.10 Å². The van der Waals surface area contributed by atoms with Gasteiger partial charge in [-0.05, 0) is 19.4 Å². The first-order valence-electron chi connectivity index (χ1n) is 3.78. The zero-order valence-electron chi connectivity index (χ0n) is 6.71. The third kappa shape index (κ3) is 1.98. The summed E-state index contributed by atoms with van der Waals surface area (Å²) in [6.45, 7) is 2.64. The van der Waals surface area contributed by atoms with Crippen LogP contribution in [0.25, 0.3) is 0 Å². The molecule has 0 saturated carbocycles. The van der Waals surface area contributed by atoms with Gasteiger partial charge in [-0.3, -0.25) is 0 Å². The quantitative estimate of drug-likeness (QED) is 0.608. The lowest BCUT2D eigenvalue weighted by atomic mass is 10.1. The van der Waals surface area contributed by atoms with Gasteiger partial charge >= 0.3 is 0 Å². The molecule has 0 aromatic rings. The van der Waals surface area contributed by atoms with E-state index in [9.17, 15) is 0 Å². The molecular weight excluding hydrogens is 140 g/mol. The zero-order chi connectivity index (χ0) is 8.27. The molecule has 0 radical (unpaired) electrons. The molecule has 0 aromatic heterocycles. The van der Waals surface area contributed by atoms with Gasteiger partial charge in [0, 0.05) is 18.0 Å². The lowest BCUT2D eigenvalue weighted by Gasteiger charge is -2.19. The molecule has 1 atom stereocenters. The summed E-state index contributed by atoms with van der Waals surface area (Å²) in [4.78, 5) is 0. The highest BCUT2D eigenvalue weighted by atomic mass is 16.5. The van der Waals surface area contributed by atoms with Crippen molar-refractivity contribution in [2.24, 2.45) is 11.5 Å². The minimum atomic E-state index is 0.0345. The largest absolute Gasteiger partial charge is 0.400 e. The molecule has 62 valence electrons. The van der Waals surface area contributed by atoms with Gasteiger partial charge in [0.05, 0.1) is 0 Å². The lowest BCUT2D eigenvalue weighted by Crippen LogP contribution is -2.24. The monoisotopic (exact) mass is 154 g/mol. The van der Waals surface area contributed by atoms with Crippen LogP contribution in [-0.4, -0.2) is 12.7 Å². The van der Waals surface area contributed by atoms with E-state index in [2.05, 4.69) is 0 Å². The Balaban J connectivity index is 2.56. The molecule has 1 aliphatic rings. The van der Waals surface area contributed by atoms with E-state index in [1.54, 1.807) is 6.08 Å². The number of rotatable bonds is 2. The minimum absolute atomic E-state index is 0.0345. The van der Waals surface area contributed by atoms with Crippen LogP contribution in [-0.2, 0) is 4.74 Å². The molecule has 0 aliphatic heterocycles. The van der Waals surface area contributed by atoms with Gasteiger partial charge < -0.3 is 16.2 Å². The highest BCUT2D eigenvalue weighted by Crippen LogP contribution is 2.14. The van der Waals surface area contributed by atoms with E-state index < -0.39 is 0 Å². The zero-order valence-corrected chi connectivity index (χ0v) is 6.71.